The Labute approximate surface area is 79.2 Å². The fourth-order valence-electron chi connectivity index (χ4n) is 0.922. The van der Waals surface area contributed by atoms with Crippen LogP contribution in [0.15, 0.2) is 23.3 Å². The summed E-state index contributed by atoms with van der Waals surface area (Å²) >= 11 is 0. The van der Waals surface area contributed by atoms with E-state index in [1.54, 1.807) is 0 Å². The standard InChI is InChI=1S/C8H7FN4O/c1-11-8(14)5-2-3-7(12-13-10)6(9)4-5/h2-4H,1H3,(H,11,14). The third-order valence-electron chi connectivity index (χ3n) is 1.59. The zero-order valence-electron chi connectivity index (χ0n) is 7.36. The van der Waals surface area contributed by atoms with Crippen LogP contribution >= 0.6 is 0 Å². The maximum atomic E-state index is 13.1. The Morgan fingerprint density at radius 2 is 2.36 bits per heavy atom. The average molecular weight is 194 g/mol. The molecule has 0 aliphatic rings. The molecule has 1 N–H and O–H groups in total. The van der Waals surface area contributed by atoms with Crippen molar-refractivity contribution in [2.75, 3.05) is 7.05 Å². The van der Waals surface area contributed by atoms with Crippen molar-refractivity contribution in [2.45, 2.75) is 0 Å². The van der Waals surface area contributed by atoms with Gasteiger partial charge in [0.2, 0.25) is 0 Å². The number of halogens is 1. The van der Waals surface area contributed by atoms with E-state index in [-0.39, 0.29) is 11.3 Å². The van der Waals surface area contributed by atoms with E-state index in [4.69, 9.17) is 5.53 Å². The first-order valence-corrected chi connectivity index (χ1v) is 3.75. The van der Waals surface area contributed by atoms with Crippen LogP contribution in [0.1, 0.15) is 10.4 Å². The number of nitrogens with one attached hydrogen (secondary N) is 1. The van der Waals surface area contributed by atoms with Crippen molar-refractivity contribution in [3.05, 3.63) is 40.0 Å². The van der Waals surface area contributed by atoms with Crippen LogP contribution in [0.5, 0.6) is 0 Å². The molecule has 0 bridgehead atoms. The normalized spacial score (nSPS) is 9.00. The first kappa shape index (κ1) is 10.0. The lowest BCUT2D eigenvalue weighted by molar-refractivity contribution is 0.0962. The summed E-state index contributed by atoms with van der Waals surface area (Å²) in [5, 5.41) is 5.46. The van der Waals surface area contributed by atoms with E-state index >= 15 is 0 Å². The number of amides is 1. The van der Waals surface area contributed by atoms with E-state index in [1.165, 1.54) is 19.2 Å². The smallest absolute Gasteiger partial charge is 0.251 e. The predicted molar refractivity (Wildman–Crippen MR) is 48.6 cm³/mol. The molecule has 1 aromatic carbocycles. The lowest BCUT2D eigenvalue weighted by atomic mass is 10.2. The van der Waals surface area contributed by atoms with Crippen molar-refractivity contribution in [3.63, 3.8) is 0 Å². The zero-order chi connectivity index (χ0) is 10.6. The molecule has 0 aliphatic carbocycles. The molecule has 1 aromatic rings. The van der Waals surface area contributed by atoms with Crippen LogP contribution in [0.2, 0.25) is 0 Å². The molecule has 0 heterocycles. The van der Waals surface area contributed by atoms with Crippen molar-refractivity contribution >= 4 is 11.6 Å². The summed E-state index contributed by atoms with van der Waals surface area (Å²) in [6.07, 6.45) is 0. The Bertz CT molecular complexity index is 412. The Morgan fingerprint density at radius 1 is 1.64 bits per heavy atom. The van der Waals surface area contributed by atoms with Gasteiger partial charge < -0.3 is 5.32 Å². The van der Waals surface area contributed by atoms with Crippen molar-refractivity contribution in [1.29, 1.82) is 0 Å². The summed E-state index contributed by atoms with van der Waals surface area (Å²) < 4.78 is 13.1. The number of hydrogen-bond donors (Lipinski definition) is 1. The fraction of sp³-hybridized carbons (Fsp3) is 0.125. The molecule has 0 saturated carbocycles. The largest absolute Gasteiger partial charge is 0.355 e. The van der Waals surface area contributed by atoms with Gasteiger partial charge in [0, 0.05) is 17.5 Å². The minimum Gasteiger partial charge on any atom is -0.355 e. The Balaban J connectivity index is 3.12. The predicted octanol–water partition coefficient (Wildman–Crippen LogP) is 2.13. The minimum atomic E-state index is -0.719. The summed E-state index contributed by atoms with van der Waals surface area (Å²) in [6.45, 7) is 0. The molecule has 0 aromatic heterocycles. The molecular weight excluding hydrogens is 187 g/mol. The lowest BCUT2D eigenvalue weighted by Crippen LogP contribution is -2.17. The highest BCUT2D eigenvalue weighted by Crippen LogP contribution is 2.18. The number of nitrogens with zero attached hydrogens (tertiary/aromatic N) is 3. The fourth-order valence-corrected chi connectivity index (χ4v) is 0.922. The third kappa shape index (κ3) is 1.99. The van der Waals surface area contributed by atoms with Gasteiger partial charge in [-0.15, -0.1) is 0 Å². The molecule has 14 heavy (non-hydrogen) atoms. The van der Waals surface area contributed by atoms with Crippen molar-refractivity contribution in [3.8, 4) is 0 Å². The van der Waals surface area contributed by atoms with Gasteiger partial charge in [0.25, 0.3) is 5.91 Å². The van der Waals surface area contributed by atoms with Gasteiger partial charge in [-0.25, -0.2) is 4.39 Å². The van der Waals surface area contributed by atoms with E-state index in [9.17, 15) is 9.18 Å². The molecule has 5 nitrogen and oxygen atoms in total. The van der Waals surface area contributed by atoms with Gasteiger partial charge in [-0.05, 0) is 23.7 Å². The van der Waals surface area contributed by atoms with Crippen molar-refractivity contribution < 1.29 is 9.18 Å². The van der Waals surface area contributed by atoms with Crippen LogP contribution in [-0.2, 0) is 0 Å². The van der Waals surface area contributed by atoms with E-state index in [1.807, 2.05) is 0 Å². The second kappa shape index (κ2) is 4.25. The number of rotatable bonds is 2. The van der Waals surface area contributed by atoms with Gasteiger partial charge >= 0.3 is 0 Å². The summed E-state index contributed by atoms with van der Waals surface area (Å²) in [7, 11) is 1.45. The summed E-state index contributed by atoms with van der Waals surface area (Å²) in [6, 6.07) is 3.65. The first-order valence-electron chi connectivity index (χ1n) is 3.75. The van der Waals surface area contributed by atoms with Crippen LogP contribution in [-0.4, -0.2) is 13.0 Å². The molecule has 0 unspecified atom stereocenters. The zero-order valence-corrected chi connectivity index (χ0v) is 7.36. The second-order valence-electron chi connectivity index (χ2n) is 2.43. The van der Waals surface area contributed by atoms with Gasteiger partial charge in [-0.2, -0.15) is 0 Å². The maximum absolute atomic E-state index is 13.1. The maximum Gasteiger partial charge on any atom is 0.251 e. The van der Waals surface area contributed by atoms with Crippen LogP contribution in [0.3, 0.4) is 0 Å². The summed E-state index contributed by atoms with van der Waals surface area (Å²) in [5.41, 5.74) is 8.14. The third-order valence-corrected chi connectivity index (χ3v) is 1.59. The lowest BCUT2D eigenvalue weighted by Gasteiger charge is -2.00. The molecule has 0 fully saturated rings. The Hall–Kier alpha value is -2.07. The van der Waals surface area contributed by atoms with Crippen LogP contribution in [0.25, 0.3) is 10.4 Å². The molecule has 72 valence electrons. The Kier molecular flexibility index (Phi) is 3.04. The SMILES string of the molecule is CNC(=O)c1ccc(N=[N+]=[N-])c(F)c1. The molecule has 0 spiro atoms. The minimum absolute atomic E-state index is 0.125. The highest BCUT2D eigenvalue weighted by Gasteiger charge is 2.06. The number of azide groups is 1. The van der Waals surface area contributed by atoms with Crippen LogP contribution < -0.4 is 5.32 Å². The molecule has 1 rings (SSSR count). The van der Waals surface area contributed by atoms with Crippen molar-refractivity contribution in [1.82, 2.24) is 5.32 Å². The van der Waals surface area contributed by atoms with Gasteiger partial charge in [0.15, 0.2) is 0 Å². The average Bonchev–Trinajstić information content (AvgIpc) is 2.20. The monoisotopic (exact) mass is 194 g/mol. The van der Waals surface area contributed by atoms with Gasteiger partial charge in [-0.3, -0.25) is 4.79 Å². The number of hydrogen-bond acceptors (Lipinski definition) is 2. The van der Waals surface area contributed by atoms with Gasteiger partial charge in [0.1, 0.15) is 5.82 Å². The number of benzene rings is 1. The number of carbonyl (C=O) groups excluding carboxylic acids is 1. The molecule has 6 heteroatoms. The highest BCUT2D eigenvalue weighted by molar-refractivity contribution is 5.94. The van der Waals surface area contributed by atoms with Crippen molar-refractivity contribution in [2.24, 2.45) is 5.11 Å². The van der Waals surface area contributed by atoms with Crippen LogP contribution in [0.4, 0.5) is 10.1 Å². The number of carbonyl (C=O) groups is 1. The molecule has 0 aliphatic heterocycles. The van der Waals surface area contributed by atoms with E-state index < -0.39 is 11.7 Å². The molecule has 0 saturated heterocycles. The molecule has 0 radical (unpaired) electrons. The topological polar surface area (TPSA) is 77.9 Å². The second-order valence-corrected chi connectivity index (χ2v) is 2.43. The summed E-state index contributed by atoms with van der Waals surface area (Å²) in [5.74, 6) is -1.11. The first-order chi connectivity index (χ1) is 6.69. The van der Waals surface area contributed by atoms with Gasteiger partial charge in [0.05, 0.1) is 5.69 Å². The van der Waals surface area contributed by atoms with Gasteiger partial charge in [-0.1, -0.05) is 5.11 Å². The molecule has 1 amide bonds. The van der Waals surface area contributed by atoms with Crippen LogP contribution in [0, 0.1) is 5.82 Å². The summed E-state index contributed by atoms with van der Waals surface area (Å²) in [4.78, 5) is 13.5. The highest BCUT2D eigenvalue weighted by atomic mass is 19.1. The van der Waals surface area contributed by atoms with E-state index in [0.717, 1.165) is 6.07 Å². The quantitative estimate of drug-likeness (QED) is 0.437. The molecular formula is C8H7FN4O. The Morgan fingerprint density at radius 3 is 2.86 bits per heavy atom. The van der Waals surface area contributed by atoms with E-state index in [2.05, 4.69) is 15.3 Å². The molecule has 0 atom stereocenters. The van der Waals surface area contributed by atoms with E-state index in [0.29, 0.717) is 0 Å².